The summed E-state index contributed by atoms with van der Waals surface area (Å²) in [4.78, 5) is 16.6. The SMILES string of the molecule is Cc1cc(C)nc(C(=O)NC(c2nn[nH]n2)C(C)C)c1. The number of rotatable bonds is 4. The maximum atomic E-state index is 12.3. The van der Waals surface area contributed by atoms with Crippen molar-refractivity contribution in [3.05, 3.63) is 34.9 Å². The number of tetrazole rings is 1. The Morgan fingerprint density at radius 3 is 2.60 bits per heavy atom. The van der Waals surface area contributed by atoms with Gasteiger partial charge in [0.1, 0.15) is 5.69 Å². The van der Waals surface area contributed by atoms with Crippen LogP contribution < -0.4 is 5.32 Å². The molecule has 0 aromatic carbocycles. The third-order valence-corrected chi connectivity index (χ3v) is 2.92. The summed E-state index contributed by atoms with van der Waals surface area (Å²) in [5.41, 5.74) is 2.22. The second-order valence-corrected chi connectivity index (χ2v) is 5.14. The Hall–Kier alpha value is -2.31. The average molecular weight is 274 g/mol. The van der Waals surface area contributed by atoms with Gasteiger partial charge in [0.05, 0.1) is 6.04 Å². The fourth-order valence-corrected chi connectivity index (χ4v) is 2.00. The molecule has 0 saturated heterocycles. The van der Waals surface area contributed by atoms with Gasteiger partial charge in [-0.1, -0.05) is 19.1 Å². The van der Waals surface area contributed by atoms with Crippen LogP contribution in [0.2, 0.25) is 0 Å². The van der Waals surface area contributed by atoms with E-state index >= 15 is 0 Å². The highest BCUT2D eigenvalue weighted by atomic mass is 16.2. The summed E-state index contributed by atoms with van der Waals surface area (Å²) < 4.78 is 0. The van der Waals surface area contributed by atoms with Gasteiger partial charge in [-0.25, -0.2) is 4.98 Å². The van der Waals surface area contributed by atoms with Crippen LogP contribution in [0.15, 0.2) is 12.1 Å². The zero-order chi connectivity index (χ0) is 14.7. The van der Waals surface area contributed by atoms with E-state index in [-0.39, 0.29) is 17.9 Å². The Bertz CT molecular complexity index is 573. The van der Waals surface area contributed by atoms with Crippen LogP contribution in [0.3, 0.4) is 0 Å². The van der Waals surface area contributed by atoms with Crippen LogP contribution in [0.1, 0.15) is 47.5 Å². The standard InChI is InChI=1S/C13H18N6O/c1-7(2)11(12-16-18-19-17-12)15-13(20)10-6-8(3)5-9(4)14-10/h5-7,11H,1-4H3,(H,15,20)(H,16,17,18,19). The van der Waals surface area contributed by atoms with Crippen LogP contribution in [0.4, 0.5) is 0 Å². The summed E-state index contributed by atoms with van der Waals surface area (Å²) in [6.07, 6.45) is 0. The Morgan fingerprint density at radius 1 is 1.30 bits per heavy atom. The molecule has 2 N–H and O–H groups in total. The number of hydrogen-bond acceptors (Lipinski definition) is 5. The van der Waals surface area contributed by atoms with Crippen molar-refractivity contribution in [3.63, 3.8) is 0 Å². The van der Waals surface area contributed by atoms with Gasteiger partial charge in [0.2, 0.25) is 0 Å². The van der Waals surface area contributed by atoms with Crippen LogP contribution in [0.25, 0.3) is 0 Å². The number of H-pyrrole nitrogens is 1. The van der Waals surface area contributed by atoms with Crippen molar-refractivity contribution in [1.82, 2.24) is 30.9 Å². The van der Waals surface area contributed by atoms with Crippen molar-refractivity contribution in [2.75, 3.05) is 0 Å². The molecule has 2 heterocycles. The molecule has 2 aromatic rings. The van der Waals surface area contributed by atoms with E-state index in [4.69, 9.17) is 0 Å². The molecule has 0 spiro atoms. The quantitative estimate of drug-likeness (QED) is 0.877. The van der Waals surface area contributed by atoms with Crippen molar-refractivity contribution >= 4 is 5.91 Å². The molecule has 1 atom stereocenters. The van der Waals surface area contributed by atoms with Crippen molar-refractivity contribution < 1.29 is 4.79 Å². The molecule has 0 saturated carbocycles. The minimum Gasteiger partial charge on any atom is -0.340 e. The summed E-state index contributed by atoms with van der Waals surface area (Å²) in [7, 11) is 0. The smallest absolute Gasteiger partial charge is 0.270 e. The van der Waals surface area contributed by atoms with Gasteiger partial charge in [-0.3, -0.25) is 4.79 Å². The Labute approximate surface area is 117 Å². The van der Waals surface area contributed by atoms with Crippen LogP contribution >= 0.6 is 0 Å². The molecule has 0 radical (unpaired) electrons. The largest absolute Gasteiger partial charge is 0.340 e. The van der Waals surface area contributed by atoms with E-state index in [0.29, 0.717) is 11.5 Å². The molecule has 7 nitrogen and oxygen atoms in total. The molecule has 7 heteroatoms. The molecule has 1 amide bonds. The molecule has 2 rings (SSSR count). The third-order valence-electron chi connectivity index (χ3n) is 2.92. The summed E-state index contributed by atoms with van der Waals surface area (Å²) in [5, 5.41) is 16.7. The number of carbonyl (C=O) groups excluding carboxylic acids is 1. The lowest BCUT2D eigenvalue weighted by atomic mass is 10.0. The summed E-state index contributed by atoms with van der Waals surface area (Å²) in [5.74, 6) is 0.375. The number of amides is 1. The van der Waals surface area contributed by atoms with Crippen LogP contribution in [-0.4, -0.2) is 31.5 Å². The molecular formula is C13H18N6O. The molecule has 0 aliphatic heterocycles. The fraction of sp³-hybridized carbons (Fsp3) is 0.462. The van der Waals surface area contributed by atoms with Gasteiger partial charge < -0.3 is 5.32 Å². The van der Waals surface area contributed by atoms with Crippen molar-refractivity contribution in [1.29, 1.82) is 0 Å². The van der Waals surface area contributed by atoms with Gasteiger partial charge in [0.25, 0.3) is 5.91 Å². The molecular weight excluding hydrogens is 256 g/mol. The predicted octanol–water partition coefficient (Wildman–Crippen LogP) is 1.34. The number of carbonyl (C=O) groups is 1. The van der Waals surface area contributed by atoms with Crippen molar-refractivity contribution in [2.45, 2.75) is 33.7 Å². The van der Waals surface area contributed by atoms with Gasteiger partial charge in [0.15, 0.2) is 5.82 Å². The fourth-order valence-electron chi connectivity index (χ4n) is 2.00. The lowest BCUT2D eigenvalue weighted by Crippen LogP contribution is -2.33. The topological polar surface area (TPSA) is 96.5 Å². The third kappa shape index (κ3) is 3.17. The zero-order valence-corrected chi connectivity index (χ0v) is 12.0. The van der Waals surface area contributed by atoms with Gasteiger partial charge in [0, 0.05) is 5.69 Å². The van der Waals surface area contributed by atoms with Gasteiger partial charge >= 0.3 is 0 Å². The van der Waals surface area contributed by atoms with E-state index in [9.17, 15) is 4.79 Å². The van der Waals surface area contributed by atoms with Crippen LogP contribution in [-0.2, 0) is 0 Å². The van der Waals surface area contributed by atoms with Crippen molar-refractivity contribution in [3.8, 4) is 0 Å². The van der Waals surface area contributed by atoms with Crippen molar-refractivity contribution in [2.24, 2.45) is 5.92 Å². The van der Waals surface area contributed by atoms with E-state index < -0.39 is 0 Å². The highest BCUT2D eigenvalue weighted by Crippen LogP contribution is 2.17. The van der Waals surface area contributed by atoms with Crippen LogP contribution in [0, 0.1) is 19.8 Å². The lowest BCUT2D eigenvalue weighted by molar-refractivity contribution is 0.0917. The molecule has 106 valence electrons. The van der Waals surface area contributed by atoms with Gasteiger partial charge in [-0.2, -0.15) is 5.21 Å². The maximum absolute atomic E-state index is 12.3. The highest BCUT2D eigenvalue weighted by Gasteiger charge is 2.23. The first-order valence-corrected chi connectivity index (χ1v) is 6.47. The Morgan fingerprint density at radius 2 is 2.05 bits per heavy atom. The first-order chi connectivity index (χ1) is 9.47. The predicted molar refractivity (Wildman–Crippen MR) is 72.9 cm³/mol. The maximum Gasteiger partial charge on any atom is 0.270 e. The number of aromatic nitrogens is 5. The molecule has 0 aliphatic rings. The second kappa shape index (κ2) is 5.77. The summed E-state index contributed by atoms with van der Waals surface area (Å²) in [6, 6.07) is 3.38. The average Bonchev–Trinajstić information content (AvgIpc) is 2.87. The molecule has 1 unspecified atom stereocenters. The summed E-state index contributed by atoms with van der Waals surface area (Å²) in [6.45, 7) is 7.76. The molecule has 0 aliphatic carbocycles. The van der Waals surface area contributed by atoms with E-state index in [1.807, 2.05) is 33.8 Å². The summed E-state index contributed by atoms with van der Waals surface area (Å²) >= 11 is 0. The van der Waals surface area contributed by atoms with Crippen LogP contribution in [0.5, 0.6) is 0 Å². The first kappa shape index (κ1) is 14.1. The monoisotopic (exact) mass is 274 g/mol. The molecule has 20 heavy (non-hydrogen) atoms. The molecule has 0 bridgehead atoms. The number of aryl methyl sites for hydroxylation is 2. The highest BCUT2D eigenvalue weighted by molar-refractivity contribution is 5.92. The van der Waals surface area contributed by atoms with Gasteiger partial charge in [-0.05, 0) is 37.5 Å². The Balaban J connectivity index is 2.20. The number of pyridine rings is 1. The van der Waals surface area contributed by atoms with E-state index in [0.717, 1.165) is 11.3 Å². The van der Waals surface area contributed by atoms with Gasteiger partial charge in [-0.15, -0.1) is 10.2 Å². The molecule has 0 fully saturated rings. The number of nitrogens with zero attached hydrogens (tertiary/aromatic N) is 4. The minimum atomic E-state index is -0.302. The Kier molecular flexibility index (Phi) is 4.07. The number of nitrogens with one attached hydrogen (secondary N) is 2. The number of hydrogen-bond donors (Lipinski definition) is 2. The van der Waals surface area contributed by atoms with E-state index in [1.165, 1.54) is 0 Å². The molecule has 2 aromatic heterocycles. The lowest BCUT2D eigenvalue weighted by Gasteiger charge is -2.18. The number of aromatic amines is 1. The minimum absolute atomic E-state index is 0.141. The van der Waals surface area contributed by atoms with E-state index in [2.05, 4.69) is 30.9 Å². The normalized spacial score (nSPS) is 12.4. The van der Waals surface area contributed by atoms with E-state index in [1.54, 1.807) is 6.07 Å². The first-order valence-electron chi connectivity index (χ1n) is 6.47. The zero-order valence-electron chi connectivity index (χ0n) is 12.0. The second-order valence-electron chi connectivity index (χ2n) is 5.14.